The number of piperidine rings is 1. The van der Waals surface area contributed by atoms with Gasteiger partial charge in [-0.25, -0.2) is 17.5 Å². The summed E-state index contributed by atoms with van der Waals surface area (Å²) in [5.41, 5.74) is 1.66. The van der Waals surface area contributed by atoms with Crippen LogP contribution in [0.3, 0.4) is 0 Å². The summed E-state index contributed by atoms with van der Waals surface area (Å²) in [4.78, 5) is 13.9. The molecule has 0 aliphatic carbocycles. The van der Waals surface area contributed by atoms with Gasteiger partial charge >= 0.3 is 6.09 Å². The molecule has 0 N–H and O–H groups in total. The second-order valence-electron chi connectivity index (χ2n) is 5.90. The van der Waals surface area contributed by atoms with Crippen LogP contribution in [0.15, 0.2) is 30.9 Å². The molecule has 0 aromatic heterocycles. The second kappa shape index (κ2) is 6.74. The third-order valence-corrected chi connectivity index (χ3v) is 6.40. The van der Waals surface area contributed by atoms with E-state index in [4.69, 9.17) is 16.3 Å². The van der Waals surface area contributed by atoms with E-state index < -0.39 is 16.1 Å². The molecule has 6 nitrogen and oxygen atoms in total. The number of hydrogen-bond donors (Lipinski definition) is 0. The Morgan fingerprint density at radius 2 is 2.04 bits per heavy atom. The first kappa shape index (κ1) is 17.3. The zero-order chi connectivity index (χ0) is 17.3. The summed E-state index contributed by atoms with van der Waals surface area (Å²) in [6.07, 6.45) is 2.13. The molecule has 8 heteroatoms. The molecule has 1 aromatic rings. The van der Waals surface area contributed by atoms with E-state index in [9.17, 15) is 13.2 Å². The van der Waals surface area contributed by atoms with Crippen molar-refractivity contribution in [2.24, 2.45) is 0 Å². The van der Waals surface area contributed by atoms with Crippen LogP contribution in [0.1, 0.15) is 18.4 Å². The fraction of sp³-hybridized carbons (Fsp3) is 0.438. The highest BCUT2D eigenvalue weighted by Crippen LogP contribution is 2.33. The number of rotatable bonds is 4. The minimum Gasteiger partial charge on any atom is -0.444 e. The van der Waals surface area contributed by atoms with E-state index in [1.807, 2.05) is 6.07 Å². The number of carbonyl (C=O) groups excluding carboxylic acids is 1. The third-order valence-electron chi connectivity index (χ3n) is 4.36. The van der Waals surface area contributed by atoms with Crippen LogP contribution in [0.2, 0.25) is 5.02 Å². The molecule has 1 aromatic carbocycles. The molecule has 0 bridgehead atoms. The Kier molecular flexibility index (Phi) is 4.85. The van der Waals surface area contributed by atoms with Gasteiger partial charge in [-0.2, -0.15) is 0 Å². The van der Waals surface area contributed by atoms with E-state index in [0.717, 1.165) is 11.3 Å². The van der Waals surface area contributed by atoms with Crippen LogP contribution in [-0.2, 0) is 21.4 Å². The number of hydrogen-bond acceptors (Lipinski definition) is 4. The van der Waals surface area contributed by atoms with Crippen LogP contribution in [-0.4, -0.2) is 43.7 Å². The van der Waals surface area contributed by atoms with E-state index in [2.05, 4.69) is 6.58 Å². The number of amides is 1. The van der Waals surface area contributed by atoms with E-state index >= 15 is 0 Å². The highest BCUT2D eigenvalue weighted by atomic mass is 35.5. The van der Waals surface area contributed by atoms with E-state index in [0.29, 0.717) is 31.0 Å². The Hall–Kier alpha value is -1.57. The normalized spacial score (nSPS) is 19.7. The summed E-state index contributed by atoms with van der Waals surface area (Å²) in [6, 6.07) is 5.27. The standard InChI is InChI=1S/C16H19ClN2O4S/c1-2-9-24(21,22)18-7-5-14(6-8-18)19-15-4-3-13(17)10-12(15)11-23-16(19)20/h2-4,10,14H,1,5-9,11H2. The van der Waals surface area contributed by atoms with E-state index in [-0.39, 0.29) is 18.4 Å². The minimum absolute atomic E-state index is 0.0647. The molecule has 2 aliphatic heterocycles. The lowest BCUT2D eigenvalue weighted by molar-refractivity contribution is 0.136. The average Bonchev–Trinajstić information content (AvgIpc) is 2.55. The maximum atomic E-state index is 12.2. The van der Waals surface area contributed by atoms with Gasteiger partial charge in [0.25, 0.3) is 0 Å². The molecule has 3 rings (SSSR count). The largest absolute Gasteiger partial charge is 0.444 e. The topological polar surface area (TPSA) is 66.9 Å². The summed E-state index contributed by atoms with van der Waals surface area (Å²) in [7, 11) is -3.30. The van der Waals surface area contributed by atoms with Crippen molar-refractivity contribution in [2.75, 3.05) is 23.7 Å². The van der Waals surface area contributed by atoms with E-state index in [1.165, 1.54) is 10.4 Å². The first-order valence-electron chi connectivity index (χ1n) is 7.75. The van der Waals surface area contributed by atoms with Gasteiger partial charge < -0.3 is 4.74 Å². The number of carbonyl (C=O) groups is 1. The maximum Gasteiger partial charge on any atom is 0.414 e. The molecule has 1 amide bonds. The van der Waals surface area contributed by atoms with Gasteiger partial charge in [0.1, 0.15) is 6.61 Å². The molecule has 1 saturated heterocycles. The molecule has 24 heavy (non-hydrogen) atoms. The minimum atomic E-state index is -3.30. The summed E-state index contributed by atoms with van der Waals surface area (Å²) in [5.74, 6) is -0.0647. The lowest BCUT2D eigenvalue weighted by atomic mass is 10.0. The highest BCUT2D eigenvalue weighted by Gasteiger charge is 2.36. The zero-order valence-electron chi connectivity index (χ0n) is 13.2. The number of cyclic esters (lactones) is 1. The molecule has 0 unspecified atom stereocenters. The molecule has 2 heterocycles. The lowest BCUT2D eigenvalue weighted by Crippen LogP contribution is -2.50. The lowest BCUT2D eigenvalue weighted by Gasteiger charge is -2.39. The molecular formula is C16H19ClN2O4S. The maximum absolute atomic E-state index is 12.2. The Morgan fingerprint density at radius 3 is 2.71 bits per heavy atom. The molecule has 2 aliphatic rings. The van der Waals surface area contributed by atoms with Crippen molar-refractivity contribution >= 4 is 33.4 Å². The number of ether oxygens (including phenoxy) is 1. The van der Waals surface area contributed by atoms with Crippen molar-refractivity contribution in [3.05, 3.63) is 41.4 Å². The number of halogens is 1. The van der Waals surface area contributed by atoms with Crippen molar-refractivity contribution in [3.8, 4) is 0 Å². The number of anilines is 1. The smallest absolute Gasteiger partial charge is 0.414 e. The summed E-state index contributed by atoms with van der Waals surface area (Å²) in [5, 5.41) is 0.594. The van der Waals surface area contributed by atoms with Crippen LogP contribution < -0.4 is 4.90 Å². The van der Waals surface area contributed by atoms with Gasteiger partial charge in [0, 0.05) is 29.7 Å². The number of benzene rings is 1. The van der Waals surface area contributed by atoms with Crippen molar-refractivity contribution in [2.45, 2.75) is 25.5 Å². The van der Waals surface area contributed by atoms with Crippen molar-refractivity contribution in [1.29, 1.82) is 0 Å². The van der Waals surface area contributed by atoms with Gasteiger partial charge in [0.15, 0.2) is 0 Å². The van der Waals surface area contributed by atoms with Gasteiger partial charge in [-0.05, 0) is 31.0 Å². The number of nitrogens with zero attached hydrogens (tertiary/aromatic N) is 2. The van der Waals surface area contributed by atoms with Crippen molar-refractivity contribution in [1.82, 2.24) is 4.31 Å². The monoisotopic (exact) mass is 370 g/mol. The first-order valence-corrected chi connectivity index (χ1v) is 9.74. The molecule has 0 spiro atoms. The van der Waals surface area contributed by atoms with Gasteiger partial charge in [0.2, 0.25) is 10.0 Å². The van der Waals surface area contributed by atoms with Crippen molar-refractivity contribution < 1.29 is 17.9 Å². The molecular weight excluding hydrogens is 352 g/mol. The van der Waals surface area contributed by atoms with Gasteiger partial charge in [-0.1, -0.05) is 17.7 Å². The number of sulfonamides is 1. The SMILES string of the molecule is C=CCS(=O)(=O)N1CCC(N2C(=O)OCc3cc(Cl)ccc32)CC1. The molecule has 0 atom stereocenters. The highest BCUT2D eigenvalue weighted by molar-refractivity contribution is 7.89. The van der Waals surface area contributed by atoms with Crippen LogP contribution in [0.25, 0.3) is 0 Å². The number of fused-ring (bicyclic) bond motifs is 1. The van der Waals surface area contributed by atoms with Crippen LogP contribution >= 0.6 is 11.6 Å². The second-order valence-corrected chi connectivity index (χ2v) is 8.35. The Labute approximate surface area is 146 Å². The molecule has 0 radical (unpaired) electrons. The zero-order valence-corrected chi connectivity index (χ0v) is 14.7. The summed E-state index contributed by atoms with van der Waals surface area (Å²) < 4.78 is 30.9. The third kappa shape index (κ3) is 3.29. The van der Waals surface area contributed by atoms with Crippen LogP contribution in [0.5, 0.6) is 0 Å². The Morgan fingerprint density at radius 1 is 1.33 bits per heavy atom. The molecule has 1 fully saturated rings. The predicted molar refractivity (Wildman–Crippen MR) is 92.7 cm³/mol. The first-order chi connectivity index (χ1) is 11.4. The van der Waals surface area contributed by atoms with Crippen LogP contribution in [0.4, 0.5) is 10.5 Å². The van der Waals surface area contributed by atoms with Gasteiger partial charge in [0.05, 0.1) is 11.4 Å². The van der Waals surface area contributed by atoms with Crippen molar-refractivity contribution in [3.63, 3.8) is 0 Å². The fourth-order valence-corrected chi connectivity index (χ4v) is 4.66. The van der Waals surface area contributed by atoms with Crippen LogP contribution in [0, 0.1) is 0 Å². The van der Waals surface area contributed by atoms with Gasteiger partial charge in [-0.15, -0.1) is 6.58 Å². The Bertz CT molecular complexity index is 757. The van der Waals surface area contributed by atoms with E-state index in [1.54, 1.807) is 17.0 Å². The predicted octanol–water partition coefficient (Wildman–Crippen LogP) is 2.78. The van der Waals surface area contributed by atoms with Gasteiger partial charge in [-0.3, -0.25) is 4.90 Å². The summed E-state index contributed by atoms with van der Waals surface area (Å²) in [6.45, 7) is 4.46. The quantitative estimate of drug-likeness (QED) is 0.764. The molecule has 0 saturated carbocycles. The fourth-order valence-electron chi connectivity index (χ4n) is 3.19. The molecule has 130 valence electrons. The summed E-state index contributed by atoms with van der Waals surface area (Å²) >= 11 is 6.01. The average molecular weight is 371 g/mol. The Balaban J connectivity index is 1.77.